The van der Waals surface area contributed by atoms with Gasteiger partial charge in [0.25, 0.3) is 5.91 Å². The van der Waals surface area contributed by atoms with Gasteiger partial charge in [-0.25, -0.2) is 0 Å². The highest BCUT2D eigenvalue weighted by atomic mass is 16.3. The highest BCUT2D eigenvalue weighted by Crippen LogP contribution is 2.15. The van der Waals surface area contributed by atoms with Gasteiger partial charge in [-0.05, 0) is 48.9 Å². The van der Waals surface area contributed by atoms with Gasteiger partial charge >= 0.3 is 0 Å². The van der Waals surface area contributed by atoms with Crippen LogP contribution in [-0.4, -0.2) is 30.6 Å². The smallest absolute Gasteiger partial charge is 0.251 e. The van der Waals surface area contributed by atoms with Gasteiger partial charge in [-0.2, -0.15) is 0 Å². The molecule has 0 aliphatic heterocycles. The van der Waals surface area contributed by atoms with E-state index in [0.717, 1.165) is 6.42 Å². The van der Waals surface area contributed by atoms with Gasteiger partial charge in [0.1, 0.15) is 0 Å². The Hall–Kier alpha value is -1.88. The summed E-state index contributed by atoms with van der Waals surface area (Å²) in [7, 11) is 0. The van der Waals surface area contributed by atoms with Crippen molar-refractivity contribution in [3.8, 4) is 0 Å². The summed E-state index contributed by atoms with van der Waals surface area (Å²) in [5, 5.41) is 14.5. The van der Waals surface area contributed by atoms with E-state index in [1.165, 1.54) is 0 Å². The van der Waals surface area contributed by atoms with Crippen LogP contribution in [0, 0.1) is 11.8 Å². The molecule has 3 N–H and O–H groups in total. The molecular formula is C16H24N2O3. The molecule has 0 radical (unpaired) electrons. The monoisotopic (exact) mass is 292 g/mol. The standard InChI is InChI=1S/C16H24N2O3/c1-12(2)9-13(7-8-19)10-17-16(21)14-3-5-15(6-4-14)18-11-20/h3-6,11-13,19H,7-10H2,1-2H3,(H,17,21)(H,18,20). The lowest BCUT2D eigenvalue weighted by molar-refractivity contribution is -0.105. The Balaban J connectivity index is 2.52. The average Bonchev–Trinajstić information content (AvgIpc) is 2.45. The van der Waals surface area contributed by atoms with Gasteiger partial charge in [0, 0.05) is 24.4 Å². The van der Waals surface area contributed by atoms with Crippen LogP contribution >= 0.6 is 0 Å². The van der Waals surface area contributed by atoms with E-state index in [0.29, 0.717) is 36.5 Å². The first-order valence-electron chi connectivity index (χ1n) is 7.26. The van der Waals surface area contributed by atoms with E-state index >= 15 is 0 Å². The van der Waals surface area contributed by atoms with E-state index in [2.05, 4.69) is 24.5 Å². The number of anilines is 1. The van der Waals surface area contributed by atoms with Crippen LogP contribution in [0.2, 0.25) is 0 Å². The van der Waals surface area contributed by atoms with Crippen molar-refractivity contribution < 1.29 is 14.7 Å². The number of benzene rings is 1. The van der Waals surface area contributed by atoms with Gasteiger partial charge in [0.05, 0.1) is 0 Å². The van der Waals surface area contributed by atoms with E-state index in [-0.39, 0.29) is 18.4 Å². The van der Waals surface area contributed by atoms with E-state index < -0.39 is 0 Å². The van der Waals surface area contributed by atoms with Crippen molar-refractivity contribution in [3.05, 3.63) is 29.8 Å². The van der Waals surface area contributed by atoms with Crippen molar-refractivity contribution in [1.29, 1.82) is 0 Å². The molecule has 2 amide bonds. The number of rotatable bonds is 9. The van der Waals surface area contributed by atoms with Crippen molar-refractivity contribution in [3.63, 3.8) is 0 Å². The zero-order valence-corrected chi connectivity index (χ0v) is 12.6. The first-order chi connectivity index (χ1) is 10.1. The topological polar surface area (TPSA) is 78.4 Å². The lowest BCUT2D eigenvalue weighted by Gasteiger charge is -2.18. The first kappa shape index (κ1) is 17.2. The van der Waals surface area contributed by atoms with E-state index in [9.17, 15) is 9.59 Å². The predicted molar refractivity (Wildman–Crippen MR) is 83.1 cm³/mol. The third-order valence-corrected chi connectivity index (χ3v) is 3.27. The second-order valence-corrected chi connectivity index (χ2v) is 5.56. The predicted octanol–water partition coefficient (Wildman–Crippen LogP) is 2.03. The minimum absolute atomic E-state index is 0.138. The summed E-state index contributed by atoms with van der Waals surface area (Å²) >= 11 is 0. The highest BCUT2D eigenvalue weighted by molar-refractivity contribution is 5.94. The zero-order valence-electron chi connectivity index (χ0n) is 12.6. The number of carbonyl (C=O) groups is 2. The van der Waals surface area contributed by atoms with Crippen molar-refractivity contribution in [1.82, 2.24) is 5.32 Å². The number of amides is 2. The van der Waals surface area contributed by atoms with Crippen LogP contribution in [-0.2, 0) is 4.79 Å². The van der Waals surface area contributed by atoms with Crippen molar-refractivity contribution in [2.45, 2.75) is 26.7 Å². The highest BCUT2D eigenvalue weighted by Gasteiger charge is 2.13. The number of aliphatic hydroxyl groups excluding tert-OH is 1. The van der Waals surface area contributed by atoms with Crippen molar-refractivity contribution in [2.75, 3.05) is 18.5 Å². The molecule has 1 aromatic rings. The van der Waals surface area contributed by atoms with Gasteiger partial charge in [0.2, 0.25) is 6.41 Å². The number of hydrogen-bond acceptors (Lipinski definition) is 3. The Labute approximate surface area is 125 Å². The summed E-state index contributed by atoms with van der Waals surface area (Å²) in [6.45, 7) is 4.96. The molecule has 0 saturated heterocycles. The molecule has 116 valence electrons. The molecule has 0 spiro atoms. The van der Waals surface area contributed by atoms with Crippen LogP contribution in [0.25, 0.3) is 0 Å². The van der Waals surface area contributed by atoms with E-state index in [1.54, 1.807) is 24.3 Å². The second kappa shape index (κ2) is 9.13. The third-order valence-electron chi connectivity index (χ3n) is 3.27. The maximum atomic E-state index is 12.0. The third kappa shape index (κ3) is 6.40. The van der Waals surface area contributed by atoms with Crippen molar-refractivity contribution >= 4 is 18.0 Å². The summed E-state index contributed by atoms with van der Waals surface area (Å²) in [4.78, 5) is 22.4. The van der Waals surface area contributed by atoms with Crippen LogP contribution in [0.3, 0.4) is 0 Å². The van der Waals surface area contributed by atoms with Crippen LogP contribution < -0.4 is 10.6 Å². The number of carbonyl (C=O) groups excluding carboxylic acids is 2. The lowest BCUT2D eigenvalue weighted by Crippen LogP contribution is -2.30. The minimum Gasteiger partial charge on any atom is -0.396 e. The number of nitrogens with one attached hydrogen (secondary N) is 2. The summed E-state index contributed by atoms with van der Waals surface area (Å²) in [6.07, 6.45) is 2.27. The summed E-state index contributed by atoms with van der Waals surface area (Å²) in [5.41, 5.74) is 1.21. The molecular weight excluding hydrogens is 268 g/mol. The van der Waals surface area contributed by atoms with Gasteiger partial charge in [-0.1, -0.05) is 13.8 Å². The Morgan fingerprint density at radius 1 is 1.29 bits per heavy atom. The quantitative estimate of drug-likeness (QED) is 0.609. The Kier molecular flexibility index (Phi) is 7.46. The largest absolute Gasteiger partial charge is 0.396 e. The first-order valence-corrected chi connectivity index (χ1v) is 7.26. The molecule has 0 fully saturated rings. The van der Waals surface area contributed by atoms with E-state index in [4.69, 9.17) is 5.11 Å². The fourth-order valence-electron chi connectivity index (χ4n) is 2.28. The van der Waals surface area contributed by atoms with Gasteiger partial charge in [-0.15, -0.1) is 0 Å². The molecule has 1 aromatic carbocycles. The number of hydrogen-bond donors (Lipinski definition) is 3. The molecule has 0 aliphatic rings. The Bertz CT molecular complexity index is 443. The molecule has 0 aromatic heterocycles. The Morgan fingerprint density at radius 3 is 2.48 bits per heavy atom. The lowest BCUT2D eigenvalue weighted by atomic mass is 9.94. The fourth-order valence-corrected chi connectivity index (χ4v) is 2.28. The van der Waals surface area contributed by atoms with E-state index in [1.807, 2.05) is 0 Å². The minimum atomic E-state index is -0.139. The maximum absolute atomic E-state index is 12.0. The molecule has 0 bridgehead atoms. The van der Waals surface area contributed by atoms with Gasteiger partial charge in [-0.3, -0.25) is 9.59 Å². The van der Waals surface area contributed by atoms with Crippen LogP contribution in [0.1, 0.15) is 37.0 Å². The molecule has 1 rings (SSSR count). The number of aliphatic hydroxyl groups is 1. The molecule has 0 aliphatic carbocycles. The molecule has 0 heterocycles. The fraction of sp³-hybridized carbons (Fsp3) is 0.500. The second-order valence-electron chi connectivity index (χ2n) is 5.56. The Morgan fingerprint density at radius 2 is 1.95 bits per heavy atom. The zero-order chi connectivity index (χ0) is 15.7. The van der Waals surface area contributed by atoms with Gasteiger partial charge in [0.15, 0.2) is 0 Å². The summed E-state index contributed by atoms with van der Waals surface area (Å²) < 4.78 is 0. The average molecular weight is 292 g/mol. The van der Waals surface area contributed by atoms with Gasteiger partial charge < -0.3 is 15.7 Å². The molecule has 5 nitrogen and oxygen atoms in total. The van der Waals surface area contributed by atoms with Crippen LogP contribution in [0.5, 0.6) is 0 Å². The van der Waals surface area contributed by atoms with Crippen LogP contribution in [0.15, 0.2) is 24.3 Å². The molecule has 5 heteroatoms. The van der Waals surface area contributed by atoms with Crippen molar-refractivity contribution in [2.24, 2.45) is 11.8 Å². The van der Waals surface area contributed by atoms with Crippen LogP contribution in [0.4, 0.5) is 5.69 Å². The molecule has 1 atom stereocenters. The molecule has 1 unspecified atom stereocenters. The summed E-state index contributed by atoms with van der Waals surface area (Å²) in [6, 6.07) is 6.71. The normalized spacial score (nSPS) is 12.0. The molecule has 0 saturated carbocycles. The summed E-state index contributed by atoms with van der Waals surface area (Å²) in [5.74, 6) is 0.682. The molecule has 21 heavy (non-hydrogen) atoms. The maximum Gasteiger partial charge on any atom is 0.251 e. The SMILES string of the molecule is CC(C)CC(CCO)CNC(=O)c1ccc(NC=O)cc1.